The summed E-state index contributed by atoms with van der Waals surface area (Å²) in [6.45, 7) is 4.62. The molecule has 0 aromatic heterocycles. The summed E-state index contributed by atoms with van der Waals surface area (Å²) < 4.78 is 0. The molecule has 1 unspecified atom stereocenters. The summed E-state index contributed by atoms with van der Waals surface area (Å²) >= 11 is 0. The monoisotopic (exact) mass is 337 g/mol. The standard InChI is InChI=1S/C17H23N3O2.ClH/c1-12-11-20(8-7-18-12)17(22)4-2-3-13-5-6-15-14(9-13)10-16(21)19-15;/h5-6,9,12,18H,2-4,7-8,10-11H2,1H3,(H,19,21);1H. The lowest BCUT2D eigenvalue weighted by molar-refractivity contribution is -0.132. The van der Waals surface area contributed by atoms with E-state index in [1.54, 1.807) is 0 Å². The Hall–Kier alpha value is -1.59. The Bertz CT molecular complexity index is 591. The molecule has 1 aromatic rings. The summed E-state index contributed by atoms with van der Waals surface area (Å²) in [7, 11) is 0. The largest absolute Gasteiger partial charge is 0.340 e. The molecule has 0 saturated carbocycles. The van der Waals surface area contributed by atoms with Crippen LogP contribution in [0.25, 0.3) is 0 Å². The molecule has 1 fully saturated rings. The van der Waals surface area contributed by atoms with Crippen molar-refractivity contribution in [2.24, 2.45) is 0 Å². The summed E-state index contributed by atoms with van der Waals surface area (Å²) in [4.78, 5) is 25.5. The molecule has 0 radical (unpaired) electrons. The number of rotatable bonds is 4. The predicted octanol–water partition coefficient (Wildman–Crippen LogP) is 1.75. The number of halogens is 1. The lowest BCUT2D eigenvalue weighted by atomic mass is 10.0. The maximum absolute atomic E-state index is 12.2. The van der Waals surface area contributed by atoms with E-state index in [9.17, 15) is 9.59 Å². The molecule has 1 atom stereocenters. The first-order valence-electron chi connectivity index (χ1n) is 8.04. The lowest BCUT2D eigenvalue weighted by Gasteiger charge is -2.32. The number of fused-ring (bicyclic) bond motifs is 1. The van der Waals surface area contributed by atoms with Crippen LogP contribution in [-0.4, -0.2) is 42.4 Å². The van der Waals surface area contributed by atoms with Crippen molar-refractivity contribution in [1.29, 1.82) is 0 Å². The fourth-order valence-corrected chi connectivity index (χ4v) is 3.20. The van der Waals surface area contributed by atoms with Gasteiger partial charge in [0.05, 0.1) is 6.42 Å². The second-order valence-corrected chi connectivity index (χ2v) is 6.26. The van der Waals surface area contributed by atoms with Gasteiger partial charge >= 0.3 is 0 Å². The van der Waals surface area contributed by atoms with Gasteiger partial charge in [0.1, 0.15) is 0 Å². The smallest absolute Gasteiger partial charge is 0.228 e. The normalized spacial score (nSPS) is 19.8. The van der Waals surface area contributed by atoms with Crippen LogP contribution in [0.2, 0.25) is 0 Å². The molecule has 2 aliphatic heterocycles. The average molecular weight is 338 g/mol. The van der Waals surface area contributed by atoms with Crippen LogP contribution in [0.4, 0.5) is 5.69 Å². The number of anilines is 1. The molecule has 0 spiro atoms. The second-order valence-electron chi connectivity index (χ2n) is 6.26. The third-order valence-electron chi connectivity index (χ3n) is 4.37. The van der Waals surface area contributed by atoms with Crippen molar-refractivity contribution in [3.8, 4) is 0 Å². The topological polar surface area (TPSA) is 61.4 Å². The van der Waals surface area contributed by atoms with Crippen LogP contribution in [0.1, 0.15) is 30.9 Å². The van der Waals surface area contributed by atoms with E-state index in [0.717, 1.165) is 43.7 Å². The molecule has 2 heterocycles. The van der Waals surface area contributed by atoms with Crippen LogP contribution < -0.4 is 10.6 Å². The number of aryl methyl sites for hydroxylation is 1. The van der Waals surface area contributed by atoms with Crippen molar-refractivity contribution in [2.45, 2.75) is 38.6 Å². The molecule has 1 aromatic carbocycles. The van der Waals surface area contributed by atoms with Crippen LogP contribution in [-0.2, 0) is 22.4 Å². The highest BCUT2D eigenvalue weighted by molar-refractivity contribution is 5.99. The minimum absolute atomic E-state index is 0. The third kappa shape index (κ3) is 4.45. The Labute approximate surface area is 143 Å². The second kappa shape index (κ2) is 7.79. The van der Waals surface area contributed by atoms with Gasteiger partial charge in [-0.05, 0) is 37.0 Å². The van der Waals surface area contributed by atoms with E-state index < -0.39 is 0 Å². The van der Waals surface area contributed by atoms with Gasteiger partial charge < -0.3 is 15.5 Å². The fraction of sp³-hybridized carbons (Fsp3) is 0.529. The third-order valence-corrected chi connectivity index (χ3v) is 4.37. The van der Waals surface area contributed by atoms with Crippen LogP contribution in [0, 0.1) is 0 Å². The van der Waals surface area contributed by atoms with Gasteiger partial charge in [-0.3, -0.25) is 9.59 Å². The molecule has 2 aliphatic rings. The molecule has 23 heavy (non-hydrogen) atoms. The molecule has 1 saturated heterocycles. The first kappa shape index (κ1) is 17.8. The van der Waals surface area contributed by atoms with E-state index in [2.05, 4.69) is 23.6 Å². The van der Waals surface area contributed by atoms with Crippen molar-refractivity contribution in [3.05, 3.63) is 29.3 Å². The number of nitrogens with zero attached hydrogens (tertiary/aromatic N) is 1. The maximum atomic E-state index is 12.2. The Morgan fingerprint density at radius 2 is 2.22 bits per heavy atom. The first-order chi connectivity index (χ1) is 10.6. The van der Waals surface area contributed by atoms with Crippen molar-refractivity contribution in [1.82, 2.24) is 10.2 Å². The van der Waals surface area contributed by atoms with Crippen molar-refractivity contribution < 1.29 is 9.59 Å². The zero-order valence-corrected chi connectivity index (χ0v) is 14.2. The molecule has 2 N–H and O–H groups in total. The van der Waals surface area contributed by atoms with E-state index in [1.807, 2.05) is 17.0 Å². The van der Waals surface area contributed by atoms with Gasteiger partial charge in [-0.2, -0.15) is 0 Å². The number of hydrogen-bond acceptors (Lipinski definition) is 3. The van der Waals surface area contributed by atoms with Gasteiger partial charge in [0.15, 0.2) is 0 Å². The molecule has 2 amide bonds. The molecule has 126 valence electrons. The minimum atomic E-state index is 0. The number of amides is 2. The number of piperazine rings is 1. The quantitative estimate of drug-likeness (QED) is 0.880. The summed E-state index contributed by atoms with van der Waals surface area (Å²) in [5.74, 6) is 0.321. The first-order valence-corrected chi connectivity index (χ1v) is 8.04. The van der Waals surface area contributed by atoms with Crippen molar-refractivity contribution in [3.63, 3.8) is 0 Å². The summed E-state index contributed by atoms with van der Waals surface area (Å²) in [5, 5.41) is 6.19. The molecule has 5 nitrogen and oxygen atoms in total. The van der Waals surface area contributed by atoms with Crippen LogP contribution in [0.15, 0.2) is 18.2 Å². The maximum Gasteiger partial charge on any atom is 0.228 e. The fourth-order valence-electron chi connectivity index (χ4n) is 3.20. The van der Waals surface area contributed by atoms with Gasteiger partial charge in [-0.1, -0.05) is 12.1 Å². The van der Waals surface area contributed by atoms with Crippen LogP contribution in [0.5, 0.6) is 0 Å². The summed E-state index contributed by atoms with van der Waals surface area (Å²) in [5.41, 5.74) is 3.21. The van der Waals surface area contributed by atoms with E-state index >= 15 is 0 Å². The lowest BCUT2D eigenvalue weighted by Crippen LogP contribution is -2.51. The Morgan fingerprint density at radius 3 is 3.00 bits per heavy atom. The average Bonchev–Trinajstić information content (AvgIpc) is 2.86. The zero-order chi connectivity index (χ0) is 15.5. The van der Waals surface area contributed by atoms with Crippen LogP contribution >= 0.6 is 12.4 Å². The van der Waals surface area contributed by atoms with Gasteiger partial charge in [-0.15, -0.1) is 12.4 Å². The highest BCUT2D eigenvalue weighted by Crippen LogP contribution is 2.24. The molecule has 0 aliphatic carbocycles. The van der Waals surface area contributed by atoms with E-state index in [1.165, 1.54) is 5.56 Å². The Morgan fingerprint density at radius 1 is 1.39 bits per heavy atom. The zero-order valence-electron chi connectivity index (χ0n) is 13.4. The van der Waals surface area contributed by atoms with Crippen LogP contribution in [0.3, 0.4) is 0 Å². The van der Waals surface area contributed by atoms with Crippen molar-refractivity contribution >= 4 is 29.9 Å². The van der Waals surface area contributed by atoms with Gasteiger partial charge in [0.2, 0.25) is 11.8 Å². The van der Waals surface area contributed by atoms with Gasteiger partial charge in [0.25, 0.3) is 0 Å². The van der Waals surface area contributed by atoms with E-state index in [0.29, 0.717) is 18.9 Å². The van der Waals surface area contributed by atoms with E-state index in [-0.39, 0.29) is 24.2 Å². The van der Waals surface area contributed by atoms with E-state index in [4.69, 9.17) is 0 Å². The molecule has 0 bridgehead atoms. The summed E-state index contributed by atoms with van der Waals surface area (Å²) in [6.07, 6.45) is 2.81. The van der Waals surface area contributed by atoms with Gasteiger partial charge in [-0.25, -0.2) is 0 Å². The predicted molar refractivity (Wildman–Crippen MR) is 93.0 cm³/mol. The minimum Gasteiger partial charge on any atom is -0.340 e. The van der Waals surface area contributed by atoms with Gasteiger partial charge in [0, 0.05) is 37.8 Å². The highest BCUT2D eigenvalue weighted by atomic mass is 35.5. The number of benzene rings is 1. The number of carbonyl (C=O) groups is 2. The number of carbonyl (C=O) groups excluding carboxylic acids is 2. The molecule has 6 heteroatoms. The highest BCUT2D eigenvalue weighted by Gasteiger charge is 2.20. The Balaban J connectivity index is 0.00000192. The number of hydrogen-bond donors (Lipinski definition) is 2. The number of nitrogens with one attached hydrogen (secondary N) is 2. The molecular weight excluding hydrogens is 314 g/mol. The molecule has 3 rings (SSSR count). The van der Waals surface area contributed by atoms with Crippen molar-refractivity contribution in [2.75, 3.05) is 25.0 Å². The SMILES string of the molecule is CC1CN(C(=O)CCCc2ccc3c(c2)CC(=O)N3)CCN1.Cl. The summed E-state index contributed by atoms with van der Waals surface area (Å²) in [6, 6.07) is 6.49. The molecular formula is C17H24ClN3O2. The Kier molecular flexibility index (Phi) is 6.02.